The molecular weight excluding hydrogens is 260 g/mol. The lowest BCUT2D eigenvalue weighted by atomic mass is 10.1. The van der Waals surface area contributed by atoms with E-state index in [-0.39, 0.29) is 11.5 Å². The monoisotopic (exact) mass is 280 g/mol. The number of sulfone groups is 1. The third kappa shape index (κ3) is 3.44. The average Bonchev–Trinajstić information content (AvgIpc) is 2.85. The Hall–Kier alpha value is -1.16. The number of rotatable bonds is 6. The number of aryl methyl sites for hydroxylation is 2. The highest BCUT2D eigenvalue weighted by atomic mass is 32.2. The zero-order valence-corrected chi connectivity index (χ0v) is 12.1. The molecule has 0 aromatic heterocycles. The first kappa shape index (κ1) is 14.3. The smallest absolute Gasteiger partial charge is 0.178 e. The number of Topliss-reactive ketones (excluding diaryl/α,β-unsaturated/α-hetero) is 1. The Morgan fingerprint density at radius 2 is 1.95 bits per heavy atom. The molecule has 0 unspecified atom stereocenters. The van der Waals surface area contributed by atoms with Crippen molar-refractivity contribution in [2.24, 2.45) is 0 Å². The molecule has 0 saturated heterocycles. The van der Waals surface area contributed by atoms with Crippen LogP contribution in [0.4, 0.5) is 0 Å². The molecule has 1 aromatic rings. The van der Waals surface area contributed by atoms with Gasteiger partial charge in [0.05, 0.1) is 10.6 Å². The number of carbonyl (C=O) groups excluding carboxylic acids is 1. The maximum absolute atomic E-state index is 12.2. The van der Waals surface area contributed by atoms with Gasteiger partial charge >= 0.3 is 0 Å². The van der Waals surface area contributed by atoms with E-state index in [0.717, 1.165) is 19.3 Å². The van der Waals surface area contributed by atoms with Crippen LogP contribution in [0, 0.1) is 0 Å². The van der Waals surface area contributed by atoms with Crippen LogP contribution in [0.5, 0.6) is 0 Å². The van der Waals surface area contributed by atoms with Gasteiger partial charge in [0.1, 0.15) is 5.78 Å². The molecule has 0 bridgehead atoms. The second kappa shape index (κ2) is 5.87. The molecule has 0 N–H and O–H groups in total. The Balaban J connectivity index is 2.05. The highest BCUT2D eigenvalue weighted by Crippen LogP contribution is 2.25. The third-order valence-corrected chi connectivity index (χ3v) is 5.49. The summed E-state index contributed by atoms with van der Waals surface area (Å²) >= 11 is 0. The maximum Gasteiger partial charge on any atom is 0.178 e. The maximum atomic E-state index is 12.2. The molecule has 1 aromatic carbocycles. The minimum Gasteiger partial charge on any atom is -0.300 e. The van der Waals surface area contributed by atoms with E-state index in [2.05, 4.69) is 0 Å². The molecule has 3 nitrogen and oxygen atoms in total. The van der Waals surface area contributed by atoms with E-state index in [1.54, 1.807) is 13.0 Å². The Bertz CT molecular complexity index is 573. The Morgan fingerprint density at radius 3 is 2.68 bits per heavy atom. The van der Waals surface area contributed by atoms with E-state index in [0.29, 0.717) is 24.2 Å². The molecule has 0 amide bonds. The summed E-state index contributed by atoms with van der Waals surface area (Å²) in [4.78, 5) is 11.6. The zero-order valence-electron chi connectivity index (χ0n) is 11.3. The molecule has 0 fully saturated rings. The highest BCUT2D eigenvalue weighted by molar-refractivity contribution is 7.91. The summed E-state index contributed by atoms with van der Waals surface area (Å²) in [5, 5.41) is 0. The van der Waals surface area contributed by atoms with Crippen LogP contribution in [-0.2, 0) is 27.5 Å². The molecule has 0 saturated carbocycles. The standard InChI is InChI=1S/C15H20O3S/c1-2-14(16)7-4-10-19(17,18)15-9-8-12-5-3-6-13(12)11-15/h8-9,11H,2-7,10H2,1H3. The summed E-state index contributed by atoms with van der Waals surface area (Å²) in [5.74, 6) is 0.196. The quantitative estimate of drug-likeness (QED) is 0.805. The Labute approximate surface area is 114 Å². The van der Waals surface area contributed by atoms with Crippen molar-refractivity contribution in [3.63, 3.8) is 0 Å². The summed E-state index contributed by atoms with van der Waals surface area (Å²) in [6.07, 6.45) is 4.42. The zero-order chi connectivity index (χ0) is 13.9. The second-order valence-corrected chi connectivity index (χ2v) is 7.21. The fourth-order valence-corrected chi connectivity index (χ4v) is 3.85. The van der Waals surface area contributed by atoms with Crippen molar-refractivity contribution in [2.45, 2.75) is 50.3 Å². The minimum absolute atomic E-state index is 0.0670. The van der Waals surface area contributed by atoms with E-state index < -0.39 is 9.84 Å². The lowest BCUT2D eigenvalue weighted by Gasteiger charge is -2.06. The number of carbonyl (C=O) groups is 1. The van der Waals surface area contributed by atoms with Gasteiger partial charge in [-0.2, -0.15) is 0 Å². The van der Waals surface area contributed by atoms with Crippen molar-refractivity contribution in [1.82, 2.24) is 0 Å². The molecule has 0 aliphatic heterocycles. The molecule has 4 heteroatoms. The number of hydrogen-bond donors (Lipinski definition) is 0. The number of benzene rings is 1. The van der Waals surface area contributed by atoms with Gasteiger partial charge in [0.25, 0.3) is 0 Å². The normalized spacial score (nSPS) is 14.4. The van der Waals surface area contributed by atoms with Gasteiger partial charge in [-0.3, -0.25) is 4.79 Å². The Morgan fingerprint density at radius 1 is 1.21 bits per heavy atom. The molecule has 0 radical (unpaired) electrons. The Kier molecular flexibility index (Phi) is 4.40. The molecule has 0 atom stereocenters. The summed E-state index contributed by atoms with van der Waals surface area (Å²) in [7, 11) is -3.24. The van der Waals surface area contributed by atoms with Crippen molar-refractivity contribution < 1.29 is 13.2 Å². The minimum atomic E-state index is -3.24. The summed E-state index contributed by atoms with van der Waals surface area (Å²) in [5.41, 5.74) is 2.45. The average molecular weight is 280 g/mol. The fourth-order valence-electron chi connectivity index (χ4n) is 2.50. The third-order valence-electron chi connectivity index (χ3n) is 3.69. The SMILES string of the molecule is CCC(=O)CCCS(=O)(=O)c1ccc2c(c1)CCC2. The predicted molar refractivity (Wildman–Crippen MR) is 75.1 cm³/mol. The van der Waals surface area contributed by atoms with E-state index in [9.17, 15) is 13.2 Å². The van der Waals surface area contributed by atoms with Gasteiger partial charge in [-0.15, -0.1) is 0 Å². The van der Waals surface area contributed by atoms with Crippen LogP contribution in [0.2, 0.25) is 0 Å². The predicted octanol–water partition coefficient (Wildman–Crippen LogP) is 2.71. The first-order valence-corrected chi connectivity index (χ1v) is 8.54. The highest BCUT2D eigenvalue weighted by Gasteiger charge is 2.18. The van der Waals surface area contributed by atoms with Crippen LogP contribution >= 0.6 is 0 Å². The molecule has 0 spiro atoms. The summed E-state index contributed by atoms with van der Waals surface area (Å²) in [6.45, 7) is 1.80. The lowest BCUT2D eigenvalue weighted by Crippen LogP contribution is -2.09. The first-order valence-electron chi connectivity index (χ1n) is 6.89. The molecule has 19 heavy (non-hydrogen) atoms. The molecule has 1 aliphatic carbocycles. The van der Waals surface area contributed by atoms with Gasteiger partial charge in [-0.05, 0) is 48.9 Å². The number of hydrogen-bond acceptors (Lipinski definition) is 3. The van der Waals surface area contributed by atoms with Gasteiger partial charge in [-0.1, -0.05) is 13.0 Å². The molecule has 104 valence electrons. The van der Waals surface area contributed by atoms with Gasteiger partial charge in [-0.25, -0.2) is 8.42 Å². The van der Waals surface area contributed by atoms with Crippen molar-refractivity contribution in [3.05, 3.63) is 29.3 Å². The van der Waals surface area contributed by atoms with Crippen LogP contribution in [0.1, 0.15) is 43.7 Å². The van der Waals surface area contributed by atoms with E-state index in [4.69, 9.17) is 0 Å². The van der Waals surface area contributed by atoms with E-state index >= 15 is 0 Å². The van der Waals surface area contributed by atoms with Crippen molar-refractivity contribution in [3.8, 4) is 0 Å². The second-order valence-electron chi connectivity index (χ2n) is 5.10. The van der Waals surface area contributed by atoms with Crippen LogP contribution in [0.25, 0.3) is 0 Å². The van der Waals surface area contributed by atoms with Crippen LogP contribution in [0.3, 0.4) is 0 Å². The van der Waals surface area contributed by atoms with Crippen LogP contribution in [0.15, 0.2) is 23.1 Å². The van der Waals surface area contributed by atoms with Crippen molar-refractivity contribution in [2.75, 3.05) is 5.75 Å². The van der Waals surface area contributed by atoms with Gasteiger partial charge in [0.2, 0.25) is 0 Å². The fraction of sp³-hybridized carbons (Fsp3) is 0.533. The number of ketones is 1. The van der Waals surface area contributed by atoms with Crippen molar-refractivity contribution in [1.29, 1.82) is 0 Å². The summed E-state index contributed by atoms with van der Waals surface area (Å²) < 4.78 is 24.4. The van der Waals surface area contributed by atoms with Crippen molar-refractivity contribution >= 4 is 15.6 Å². The number of fused-ring (bicyclic) bond motifs is 1. The molecule has 0 heterocycles. The van der Waals surface area contributed by atoms with Gasteiger partial charge in [0, 0.05) is 12.8 Å². The molecule has 2 rings (SSSR count). The first-order chi connectivity index (χ1) is 9.03. The van der Waals surface area contributed by atoms with Crippen LogP contribution < -0.4 is 0 Å². The summed E-state index contributed by atoms with van der Waals surface area (Å²) in [6, 6.07) is 5.47. The van der Waals surface area contributed by atoms with E-state index in [1.165, 1.54) is 11.1 Å². The van der Waals surface area contributed by atoms with Crippen LogP contribution in [-0.4, -0.2) is 20.0 Å². The largest absolute Gasteiger partial charge is 0.300 e. The van der Waals surface area contributed by atoms with Gasteiger partial charge < -0.3 is 0 Å². The lowest BCUT2D eigenvalue weighted by molar-refractivity contribution is -0.118. The van der Waals surface area contributed by atoms with Gasteiger partial charge in [0.15, 0.2) is 9.84 Å². The topological polar surface area (TPSA) is 51.2 Å². The molecular formula is C15H20O3S. The van der Waals surface area contributed by atoms with E-state index in [1.807, 2.05) is 12.1 Å². The molecule has 1 aliphatic rings.